The lowest BCUT2D eigenvalue weighted by Gasteiger charge is -2.16. The Morgan fingerprint density at radius 2 is 1.54 bits per heavy atom. The lowest BCUT2D eigenvalue weighted by Crippen LogP contribution is -2.26. The van der Waals surface area contributed by atoms with E-state index in [1.807, 2.05) is 73.7 Å². The zero-order chi connectivity index (χ0) is 16.8. The first-order chi connectivity index (χ1) is 11.7. The van der Waals surface area contributed by atoms with Gasteiger partial charge in [0, 0.05) is 0 Å². The molecule has 0 aliphatic carbocycles. The van der Waals surface area contributed by atoms with E-state index in [2.05, 4.69) is 10.5 Å². The van der Waals surface area contributed by atoms with Crippen molar-refractivity contribution in [3.63, 3.8) is 0 Å². The molecular weight excluding hydrogens is 300 g/mol. The van der Waals surface area contributed by atoms with Gasteiger partial charge in [-0.05, 0) is 30.2 Å². The van der Waals surface area contributed by atoms with Gasteiger partial charge in [-0.15, -0.1) is 0 Å². The fourth-order valence-electron chi connectivity index (χ4n) is 2.53. The second-order valence-electron chi connectivity index (χ2n) is 5.44. The molecule has 120 valence electrons. The number of aryl methyl sites for hydroxylation is 1. The van der Waals surface area contributed by atoms with Gasteiger partial charge in [-0.3, -0.25) is 4.79 Å². The number of furan rings is 1. The molecule has 1 amide bonds. The van der Waals surface area contributed by atoms with Crippen LogP contribution in [0, 0.1) is 6.92 Å². The van der Waals surface area contributed by atoms with Crippen LogP contribution >= 0.6 is 0 Å². The third-order valence-electron chi connectivity index (χ3n) is 3.66. The average molecular weight is 318 g/mol. The number of hydrogen-bond donors (Lipinski definition) is 1. The highest BCUT2D eigenvalue weighted by Gasteiger charge is 2.22. The molecule has 3 rings (SSSR count). The predicted molar refractivity (Wildman–Crippen MR) is 93.9 cm³/mol. The van der Waals surface area contributed by atoms with Crippen molar-refractivity contribution in [3.05, 3.63) is 95.4 Å². The van der Waals surface area contributed by atoms with Crippen LogP contribution in [0.3, 0.4) is 0 Å². The van der Waals surface area contributed by atoms with Gasteiger partial charge in [0.25, 0.3) is 5.91 Å². The van der Waals surface area contributed by atoms with Crippen molar-refractivity contribution in [2.75, 3.05) is 0 Å². The van der Waals surface area contributed by atoms with Crippen LogP contribution in [0.5, 0.6) is 0 Å². The Morgan fingerprint density at radius 1 is 0.958 bits per heavy atom. The molecular formula is C20H18N2O2. The maximum atomic E-state index is 12.7. The Kier molecular flexibility index (Phi) is 4.87. The second kappa shape index (κ2) is 7.42. The molecule has 3 aromatic rings. The van der Waals surface area contributed by atoms with Gasteiger partial charge in [0.05, 0.1) is 12.1 Å². The van der Waals surface area contributed by atoms with E-state index in [4.69, 9.17) is 4.42 Å². The number of nitrogens with one attached hydrogen (secondary N) is 1. The number of carbonyl (C=O) groups excluding carboxylic acids is 1. The first kappa shape index (κ1) is 15.7. The van der Waals surface area contributed by atoms with Gasteiger partial charge in [0.2, 0.25) is 0 Å². The van der Waals surface area contributed by atoms with Crippen LogP contribution in [0.4, 0.5) is 0 Å². The fraction of sp³-hybridized carbons (Fsp3) is 0.100. The van der Waals surface area contributed by atoms with Crippen LogP contribution in [-0.4, -0.2) is 12.1 Å². The first-order valence-electron chi connectivity index (χ1n) is 7.73. The van der Waals surface area contributed by atoms with Gasteiger partial charge >= 0.3 is 0 Å². The highest BCUT2D eigenvalue weighted by Crippen LogP contribution is 2.24. The van der Waals surface area contributed by atoms with Gasteiger partial charge in [0.15, 0.2) is 0 Å². The molecule has 0 aliphatic heterocycles. The molecule has 1 aromatic heterocycles. The third kappa shape index (κ3) is 3.79. The van der Waals surface area contributed by atoms with Crippen molar-refractivity contribution in [2.24, 2.45) is 5.10 Å². The van der Waals surface area contributed by atoms with Crippen molar-refractivity contribution in [2.45, 2.75) is 12.8 Å². The molecule has 0 radical (unpaired) electrons. The van der Waals surface area contributed by atoms with Gasteiger partial charge in [-0.25, -0.2) is 5.43 Å². The largest absolute Gasteiger partial charge is 0.460 e. The van der Waals surface area contributed by atoms with E-state index in [-0.39, 0.29) is 5.91 Å². The van der Waals surface area contributed by atoms with Gasteiger partial charge in [-0.1, -0.05) is 60.7 Å². The van der Waals surface area contributed by atoms with Crippen LogP contribution in [0.1, 0.15) is 28.6 Å². The Balaban J connectivity index is 1.80. The maximum Gasteiger partial charge on any atom is 0.252 e. The summed E-state index contributed by atoms with van der Waals surface area (Å²) in [6.07, 6.45) is 1.50. The van der Waals surface area contributed by atoms with Crippen LogP contribution < -0.4 is 5.43 Å². The molecule has 0 fully saturated rings. The van der Waals surface area contributed by atoms with Crippen molar-refractivity contribution < 1.29 is 9.21 Å². The van der Waals surface area contributed by atoms with E-state index < -0.39 is 5.92 Å². The Morgan fingerprint density at radius 3 is 2.04 bits per heavy atom. The van der Waals surface area contributed by atoms with E-state index in [1.54, 1.807) is 6.07 Å². The number of amides is 1. The average Bonchev–Trinajstić information content (AvgIpc) is 3.02. The minimum atomic E-state index is -0.414. The lowest BCUT2D eigenvalue weighted by atomic mass is 9.91. The summed E-state index contributed by atoms with van der Waals surface area (Å²) in [6, 6.07) is 23.0. The number of benzene rings is 2. The SMILES string of the molecule is Cc1ccc(/C=N/NC(=O)C(c2ccccc2)c2ccccc2)o1. The molecule has 0 unspecified atom stereocenters. The van der Waals surface area contributed by atoms with E-state index in [0.29, 0.717) is 5.76 Å². The summed E-state index contributed by atoms with van der Waals surface area (Å²) in [7, 11) is 0. The molecule has 24 heavy (non-hydrogen) atoms. The maximum absolute atomic E-state index is 12.7. The highest BCUT2D eigenvalue weighted by atomic mass is 16.3. The standard InChI is InChI=1S/C20H18N2O2/c1-15-12-13-18(24-15)14-21-22-20(23)19(16-8-4-2-5-9-16)17-10-6-3-7-11-17/h2-14,19H,1H3,(H,22,23)/b21-14+. The van der Waals surface area contributed by atoms with Crippen LogP contribution in [0.2, 0.25) is 0 Å². The molecule has 0 aliphatic rings. The number of nitrogens with zero attached hydrogens (tertiary/aromatic N) is 1. The molecule has 4 heteroatoms. The molecule has 0 spiro atoms. The summed E-state index contributed by atoms with van der Waals surface area (Å²) in [5.41, 5.74) is 4.45. The topological polar surface area (TPSA) is 54.6 Å². The molecule has 4 nitrogen and oxygen atoms in total. The lowest BCUT2D eigenvalue weighted by molar-refractivity contribution is -0.121. The minimum Gasteiger partial charge on any atom is -0.460 e. The second-order valence-corrected chi connectivity index (χ2v) is 5.44. The molecule has 1 heterocycles. The van der Waals surface area contributed by atoms with Crippen molar-refractivity contribution in [3.8, 4) is 0 Å². The number of carbonyl (C=O) groups is 1. The first-order valence-corrected chi connectivity index (χ1v) is 7.73. The summed E-state index contributed by atoms with van der Waals surface area (Å²) in [5.74, 6) is 0.799. The normalized spacial score (nSPS) is 11.1. The zero-order valence-electron chi connectivity index (χ0n) is 13.3. The number of hydrazone groups is 1. The Bertz CT molecular complexity index is 784. The summed E-state index contributed by atoms with van der Waals surface area (Å²) in [4.78, 5) is 12.7. The van der Waals surface area contributed by atoms with Crippen molar-refractivity contribution >= 4 is 12.1 Å². The summed E-state index contributed by atoms with van der Waals surface area (Å²) < 4.78 is 5.39. The molecule has 1 N–H and O–H groups in total. The highest BCUT2D eigenvalue weighted by molar-refractivity contribution is 5.88. The fourth-order valence-corrected chi connectivity index (χ4v) is 2.53. The van der Waals surface area contributed by atoms with E-state index in [9.17, 15) is 4.79 Å². The Hall–Kier alpha value is -3.14. The summed E-state index contributed by atoms with van der Waals surface area (Å²) in [5, 5.41) is 4.01. The monoisotopic (exact) mass is 318 g/mol. The molecule has 0 saturated heterocycles. The third-order valence-corrected chi connectivity index (χ3v) is 3.66. The van der Waals surface area contributed by atoms with Crippen LogP contribution in [0.15, 0.2) is 82.3 Å². The van der Waals surface area contributed by atoms with E-state index >= 15 is 0 Å². The summed E-state index contributed by atoms with van der Waals surface area (Å²) in [6.45, 7) is 1.86. The quantitative estimate of drug-likeness (QED) is 0.573. The minimum absolute atomic E-state index is 0.188. The number of rotatable bonds is 5. The van der Waals surface area contributed by atoms with Crippen LogP contribution in [0.25, 0.3) is 0 Å². The Labute approximate surface area is 140 Å². The van der Waals surface area contributed by atoms with Crippen molar-refractivity contribution in [1.82, 2.24) is 5.43 Å². The van der Waals surface area contributed by atoms with Crippen LogP contribution in [-0.2, 0) is 4.79 Å². The number of hydrogen-bond acceptors (Lipinski definition) is 3. The zero-order valence-corrected chi connectivity index (χ0v) is 13.3. The van der Waals surface area contributed by atoms with Gasteiger partial charge in [-0.2, -0.15) is 5.10 Å². The van der Waals surface area contributed by atoms with Crippen molar-refractivity contribution in [1.29, 1.82) is 0 Å². The molecule has 0 atom stereocenters. The van der Waals surface area contributed by atoms with Gasteiger partial charge < -0.3 is 4.42 Å². The smallest absolute Gasteiger partial charge is 0.252 e. The molecule has 0 saturated carbocycles. The van der Waals surface area contributed by atoms with Gasteiger partial charge in [0.1, 0.15) is 11.5 Å². The summed E-state index contributed by atoms with van der Waals surface area (Å²) >= 11 is 0. The van der Waals surface area contributed by atoms with E-state index in [1.165, 1.54) is 6.21 Å². The molecule has 0 bridgehead atoms. The van der Waals surface area contributed by atoms with E-state index in [0.717, 1.165) is 16.9 Å². The predicted octanol–water partition coefficient (Wildman–Crippen LogP) is 3.87. The molecule has 2 aromatic carbocycles.